The van der Waals surface area contributed by atoms with Gasteiger partial charge >= 0.3 is 5.51 Å². The van der Waals surface area contributed by atoms with E-state index in [1.165, 1.54) is 24.3 Å². The summed E-state index contributed by atoms with van der Waals surface area (Å²) >= 11 is -0.584. The fourth-order valence-corrected chi connectivity index (χ4v) is 5.78. The zero-order valence-electron chi connectivity index (χ0n) is 16.9. The second-order valence-electron chi connectivity index (χ2n) is 7.31. The Bertz CT molecular complexity index is 1340. The van der Waals surface area contributed by atoms with Crippen LogP contribution in [0.5, 0.6) is 0 Å². The SMILES string of the molecule is O=C1CCC(N2C(=O)c3ccc(NS(=O)(=O)c4ccccc4SC(F)(F)F)cc3C2=O)C(=O)N1. The van der Waals surface area contributed by atoms with E-state index < -0.39 is 66.8 Å². The number of piperidine rings is 1. The number of carbonyl (C=O) groups excluding carboxylic acids is 4. The van der Waals surface area contributed by atoms with E-state index in [1.54, 1.807) is 0 Å². The van der Waals surface area contributed by atoms with Gasteiger partial charge in [-0.25, -0.2) is 8.42 Å². The maximum absolute atomic E-state index is 12.9. The van der Waals surface area contributed by atoms with Crippen molar-refractivity contribution in [2.75, 3.05) is 4.72 Å². The molecule has 4 rings (SSSR count). The summed E-state index contributed by atoms with van der Waals surface area (Å²) in [6, 6.07) is 6.76. The minimum absolute atomic E-state index is 0.0523. The van der Waals surface area contributed by atoms with Crippen LogP contribution in [0.1, 0.15) is 33.6 Å². The topological polar surface area (TPSA) is 130 Å². The quantitative estimate of drug-likeness (QED) is 0.464. The number of sulfonamides is 1. The van der Waals surface area contributed by atoms with Crippen molar-refractivity contribution < 1.29 is 40.8 Å². The van der Waals surface area contributed by atoms with E-state index in [0.29, 0.717) is 4.90 Å². The third kappa shape index (κ3) is 4.50. The standard InChI is InChI=1S/C20H14F3N3O6S2/c21-20(22,23)33-14-3-1-2-4-15(14)34(31,32)25-10-5-6-11-12(9-10)19(30)26(18(11)29)13-7-8-16(27)24-17(13)28/h1-6,9,13,25H,7-8H2,(H,24,27,28). The molecule has 2 aromatic rings. The highest BCUT2D eigenvalue weighted by Crippen LogP contribution is 2.40. The first-order chi connectivity index (χ1) is 15.9. The molecule has 4 amide bonds. The Morgan fingerprint density at radius 3 is 2.35 bits per heavy atom. The van der Waals surface area contributed by atoms with E-state index in [2.05, 4.69) is 10.0 Å². The third-order valence-electron chi connectivity index (χ3n) is 5.06. The summed E-state index contributed by atoms with van der Waals surface area (Å²) in [6.45, 7) is 0. The fourth-order valence-electron chi connectivity index (χ4n) is 3.63. The molecular weight excluding hydrogens is 499 g/mol. The summed E-state index contributed by atoms with van der Waals surface area (Å²) in [5, 5.41) is 2.06. The number of rotatable bonds is 5. The Hall–Kier alpha value is -3.39. The van der Waals surface area contributed by atoms with Crippen LogP contribution in [0.15, 0.2) is 52.3 Å². The number of alkyl halides is 3. The van der Waals surface area contributed by atoms with Gasteiger partial charge < -0.3 is 0 Å². The molecule has 2 aliphatic rings. The Kier molecular flexibility index (Phi) is 5.89. The van der Waals surface area contributed by atoms with E-state index in [4.69, 9.17) is 0 Å². The van der Waals surface area contributed by atoms with Crippen LogP contribution in [-0.4, -0.2) is 48.5 Å². The first-order valence-electron chi connectivity index (χ1n) is 9.60. The molecule has 0 bridgehead atoms. The summed E-state index contributed by atoms with van der Waals surface area (Å²) in [5.41, 5.74) is -5.15. The summed E-state index contributed by atoms with van der Waals surface area (Å²) < 4.78 is 66.2. The second-order valence-corrected chi connectivity index (χ2v) is 10.1. The van der Waals surface area contributed by atoms with Crippen LogP contribution < -0.4 is 10.0 Å². The molecular formula is C20H14F3N3O6S2. The van der Waals surface area contributed by atoms with Gasteiger partial charge in [0.25, 0.3) is 21.8 Å². The lowest BCUT2D eigenvalue weighted by molar-refractivity contribution is -0.136. The molecule has 0 saturated carbocycles. The average molecular weight is 513 g/mol. The van der Waals surface area contributed by atoms with Crippen LogP contribution in [0.2, 0.25) is 0 Å². The number of anilines is 1. The predicted molar refractivity (Wildman–Crippen MR) is 112 cm³/mol. The molecule has 0 radical (unpaired) electrons. The first kappa shape index (κ1) is 23.8. The molecule has 14 heteroatoms. The highest BCUT2D eigenvalue weighted by atomic mass is 32.2. The maximum Gasteiger partial charge on any atom is 0.446 e. The molecule has 0 aliphatic carbocycles. The monoisotopic (exact) mass is 513 g/mol. The molecule has 0 spiro atoms. The molecule has 2 heterocycles. The maximum atomic E-state index is 12.9. The van der Waals surface area contributed by atoms with Crippen molar-refractivity contribution >= 4 is 51.1 Å². The van der Waals surface area contributed by atoms with Gasteiger partial charge in [0.1, 0.15) is 10.9 Å². The number of nitrogens with zero attached hydrogens (tertiary/aromatic N) is 1. The van der Waals surface area contributed by atoms with Gasteiger partial charge in [0.2, 0.25) is 11.8 Å². The molecule has 1 fully saturated rings. The molecule has 0 aromatic heterocycles. The highest BCUT2D eigenvalue weighted by molar-refractivity contribution is 8.01. The van der Waals surface area contributed by atoms with Crippen molar-refractivity contribution in [1.82, 2.24) is 10.2 Å². The Labute approximate surface area is 194 Å². The second kappa shape index (κ2) is 8.43. The Balaban J connectivity index is 1.62. The van der Waals surface area contributed by atoms with E-state index in [-0.39, 0.29) is 29.7 Å². The lowest BCUT2D eigenvalue weighted by atomic mass is 10.0. The molecule has 178 valence electrons. The van der Waals surface area contributed by atoms with Gasteiger partial charge in [-0.15, -0.1) is 0 Å². The number of fused-ring (bicyclic) bond motifs is 1. The number of imide groups is 2. The zero-order valence-corrected chi connectivity index (χ0v) is 18.5. The third-order valence-corrected chi connectivity index (χ3v) is 7.43. The van der Waals surface area contributed by atoms with Crippen molar-refractivity contribution in [3.05, 3.63) is 53.6 Å². The fraction of sp³-hybridized carbons (Fsp3) is 0.200. The van der Waals surface area contributed by atoms with Crippen molar-refractivity contribution in [3.63, 3.8) is 0 Å². The van der Waals surface area contributed by atoms with Gasteiger partial charge in [0.15, 0.2) is 0 Å². The van der Waals surface area contributed by atoms with Gasteiger partial charge in [-0.05, 0) is 48.5 Å². The van der Waals surface area contributed by atoms with E-state index in [0.717, 1.165) is 18.2 Å². The summed E-state index contributed by atoms with van der Waals surface area (Å²) in [4.78, 5) is 48.6. The molecule has 34 heavy (non-hydrogen) atoms. The van der Waals surface area contributed by atoms with Gasteiger partial charge in [0.05, 0.1) is 11.1 Å². The first-order valence-corrected chi connectivity index (χ1v) is 11.9. The minimum Gasteiger partial charge on any atom is -0.295 e. The lowest BCUT2D eigenvalue weighted by Crippen LogP contribution is -2.54. The van der Waals surface area contributed by atoms with Gasteiger partial charge in [-0.2, -0.15) is 13.2 Å². The lowest BCUT2D eigenvalue weighted by Gasteiger charge is -2.27. The van der Waals surface area contributed by atoms with E-state index in [1.807, 2.05) is 0 Å². The average Bonchev–Trinajstić information content (AvgIpc) is 2.97. The number of halogens is 3. The number of hydrogen-bond donors (Lipinski definition) is 2. The molecule has 1 atom stereocenters. The van der Waals surface area contributed by atoms with Gasteiger partial charge in [0, 0.05) is 17.0 Å². The van der Waals surface area contributed by atoms with Crippen LogP contribution in [0.25, 0.3) is 0 Å². The van der Waals surface area contributed by atoms with Crippen LogP contribution in [0.3, 0.4) is 0 Å². The smallest absolute Gasteiger partial charge is 0.295 e. The number of amides is 4. The van der Waals surface area contributed by atoms with Crippen LogP contribution in [0, 0.1) is 0 Å². The van der Waals surface area contributed by atoms with E-state index >= 15 is 0 Å². The number of benzene rings is 2. The van der Waals surface area contributed by atoms with Gasteiger partial charge in [-0.1, -0.05) is 12.1 Å². The minimum atomic E-state index is -4.72. The van der Waals surface area contributed by atoms with E-state index in [9.17, 15) is 40.8 Å². The molecule has 1 saturated heterocycles. The van der Waals surface area contributed by atoms with Crippen LogP contribution >= 0.6 is 11.8 Å². The summed E-state index contributed by atoms with van der Waals surface area (Å²) in [5.74, 6) is -2.97. The van der Waals surface area contributed by atoms with Crippen molar-refractivity contribution in [3.8, 4) is 0 Å². The largest absolute Gasteiger partial charge is 0.446 e. The van der Waals surface area contributed by atoms with Crippen molar-refractivity contribution in [2.24, 2.45) is 0 Å². The number of hydrogen-bond acceptors (Lipinski definition) is 7. The number of thioether (sulfide) groups is 1. The van der Waals surface area contributed by atoms with Crippen LogP contribution in [0.4, 0.5) is 18.9 Å². The predicted octanol–water partition coefficient (Wildman–Crippen LogP) is 2.50. The summed E-state index contributed by atoms with van der Waals surface area (Å²) in [6.07, 6.45) is -0.118. The van der Waals surface area contributed by atoms with Gasteiger partial charge in [-0.3, -0.25) is 34.1 Å². The molecule has 2 aliphatic heterocycles. The van der Waals surface area contributed by atoms with Crippen molar-refractivity contribution in [2.45, 2.75) is 34.2 Å². The van der Waals surface area contributed by atoms with Crippen LogP contribution in [-0.2, 0) is 19.6 Å². The molecule has 9 nitrogen and oxygen atoms in total. The molecule has 2 N–H and O–H groups in total. The number of carbonyl (C=O) groups is 4. The molecule has 1 unspecified atom stereocenters. The Morgan fingerprint density at radius 2 is 1.68 bits per heavy atom. The number of nitrogens with one attached hydrogen (secondary N) is 2. The Morgan fingerprint density at radius 1 is 1.00 bits per heavy atom. The van der Waals surface area contributed by atoms with Crippen molar-refractivity contribution in [1.29, 1.82) is 0 Å². The normalized spacial score (nSPS) is 18.7. The summed E-state index contributed by atoms with van der Waals surface area (Å²) in [7, 11) is -4.50. The highest BCUT2D eigenvalue weighted by Gasteiger charge is 2.44. The zero-order chi connectivity index (χ0) is 24.8. The molecule has 2 aromatic carbocycles.